The maximum Gasteiger partial charge on any atom is 0.417 e. The van der Waals surface area contributed by atoms with Crippen LogP contribution in [0, 0.1) is 10.1 Å². The van der Waals surface area contributed by atoms with E-state index in [-0.39, 0.29) is 50.2 Å². The van der Waals surface area contributed by atoms with Crippen molar-refractivity contribution in [3.8, 4) is 0 Å². The summed E-state index contributed by atoms with van der Waals surface area (Å²) in [5.41, 5.74) is -1.57. The van der Waals surface area contributed by atoms with Crippen LogP contribution >= 0.6 is 11.6 Å². The third-order valence-electron chi connectivity index (χ3n) is 4.50. The fraction of sp³-hybridized carbons (Fsp3) is 0.412. The molecule has 0 unspecified atom stereocenters. The van der Waals surface area contributed by atoms with Gasteiger partial charge >= 0.3 is 18.0 Å². The van der Waals surface area contributed by atoms with Crippen LogP contribution in [-0.4, -0.2) is 63.7 Å². The van der Waals surface area contributed by atoms with Crippen molar-refractivity contribution in [1.82, 2.24) is 19.9 Å². The molecule has 2 aromatic heterocycles. The maximum absolute atomic E-state index is 12.8. The molecule has 1 fully saturated rings. The molecule has 15 heteroatoms. The summed E-state index contributed by atoms with van der Waals surface area (Å²) in [5, 5.41) is 13.9. The number of carbonyl (C=O) groups is 1. The lowest BCUT2D eigenvalue weighted by Gasteiger charge is -2.34. The van der Waals surface area contributed by atoms with Gasteiger partial charge in [-0.2, -0.15) is 13.2 Å². The molecule has 3 rings (SSSR count). The van der Waals surface area contributed by atoms with Crippen molar-refractivity contribution in [2.24, 2.45) is 0 Å². The second kappa shape index (κ2) is 9.38. The Morgan fingerprint density at radius 2 is 1.94 bits per heavy atom. The molecule has 1 N–H and O–H groups in total. The van der Waals surface area contributed by atoms with Crippen LogP contribution in [-0.2, 0) is 10.9 Å². The highest BCUT2D eigenvalue weighted by atomic mass is 35.5. The lowest BCUT2D eigenvalue weighted by Crippen LogP contribution is -2.49. The Kier molecular flexibility index (Phi) is 6.81. The van der Waals surface area contributed by atoms with Gasteiger partial charge < -0.3 is 19.9 Å². The number of hydrogen-bond acceptors (Lipinski definition) is 9. The van der Waals surface area contributed by atoms with E-state index in [9.17, 15) is 28.1 Å². The molecule has 2 aromatic rings. The summed E-state index contributed by atoms with van der Waals surface area (Å²) < 4.78 is 43.4. The fourth-order valence-electron chi connectivity index (χ4n) is 2.97. The van der Waals surface area contributed by atoms with Gasteiger partial charge in [0.25, 0.3) is 0 Å². The van der Waals surface area contributed by atoms with Gasteiger partial charge in [-0.25, -0.2) is 19.7 Å². The minimum Gasteiger partial charge on any atom is -0.450 e. The monoisotopic (exact) mass is 475 g/mol. The molecule has 1 amide bonds. The van der Waals surface area contributed by atoms with Crippen molar-refractivity contribution in [3.05, 3.63) is 39.3 Å². The first-order valence-electron chi connectivity index (χ1n) is 9.27. The average Bonchev–Trinajstić information content (AvgIpc) is 2.74. The smallest absolute Gasteiger partial charge is 0.417 e. The standard InChI is InChI=1S/C17H17ClF3N7O4/c1-2-32-16(29)27-5-3-26(4-6-27)15-12(28(30)31)14(23-9-24-15)25-13-11(18)7-10(8-22-13)17(19,20)21/h7-9H,2-6H2,1H3,(H,22,23,24,25). The Morgan fingerprint density at radius 1 is 1.25 bits per heavy atom. The molecule has 32 heavy (non-hydrogen) atoms. The number of pyridine rings is 1. The van der Waals surface area contributed by atoms with E-state index in [1.54, 1.807) is 11.8 Å². The van der Waals surface area contributed by atoms with Gasteiger partial charge in [-0.15, -0.1) is 0 Å². The number of alkyl halides is 3. The van der Waals surface area contributed by atoms with Crippen molar-refractivity contribution in [1.29, 1.82) is 0 Å². The first kappa shape index (κ1) is 23.2. The normalized spacial score (nSPS) is 14.3. The van der Waals surface area contributed by atoms with Crippen LogP contribution in [0.5, 0.6) is 0 Å². The zero-order chi connectivity index (χ0) is 23.5. The molecular weight excluding hydrogens is 459 g/mol. The second-order valence-corrected chi connectivity index (χ2v) is 6.91. The van der Waals surface area contributed by atoms with E-state index in [0.717, 1.165) is 6.33 Å². The summed E-state index contributed by atoms with van der Waals surface area (Å²) in [6.07, 6.45) is -3.50. The first-order chi connectivity index (χ1) is 15.1. The fourth-order valence-corrected chi connectivity index (χ4v) is 3.19. The highest BCUT2D eigenvalue weighted by molar-refractivity contribution is 6.33. The summed E-state index contributed by atoms with van der Waals surface area (Å²) in [7, 11) is 0. The van der Waals surface area contributed by atoms with E-state index in [2.05, 4.69) is 20.3 Å². The summed E-state index contributed by atoms with van der Waals surface area (Å²) >= 11 is 5.88. The van der Waals surface area contributed by atoms with Crippen molar-refractivity contribution in [3.63, 3.8) is 0 Å². The zero-order valence-corrected chi connectivity index (χ0v) is 17.4. The number of piperazine rings is 1. The molecule has 0 spiro atoms. The first-order valence-corrected chi connectivity index (χ1v) is 9.65. The molecule has 11 nitrogen and oxygen atoms in total. The largest absolute Gasteiger partial charge is 0.450 e. The number of nitrogens with zero attached hydrogens (tertiary/aromatic N) is 6. The minimum absolute atomic E-state index is 0.0148. The van der Waals surface area contributed by atoms with Gasteiger partial charge in [0.1, 0.15) is 6.33 Å². The van der Waals surface area contributed by atoms with Crippen LogP contribution in [0.1, 0.15) is 12.5 Å². The molecule has 0 saturated carbocycles. The van der Waals surface area contributed by atoms with E-state index < -0.39 is 33.5 Å². The van der Waals surface area contributed by atoms with Crippen LogP contribution in [0.15, 0.2) is 18.6 Å². The number of nitrogens with one attached hydrogen (secondary N) is 1. The predicted octanol–water partition coefficient (Wildman–Crippen LogP) is 3.47. The molecule has 1 aliphatic rings. The number of anilines is 3. The summed E-state index contributed by atoms with van der Waals surface area (Å²) in [4.78, 5) is 37.4. The number of aromatic nitrogens is 3. The number of hydrogen-bond donors (Lipinski definition) is 1. The number of amides is 1. The summed E-state index contributed by atoms with van der Waals surface area (Å²) in [6.45, 7) is 2.92. The van der Waals surface area contributed by atoms with Gasteiger partial charge in [0.2, 0.25) is 11.6 Å². The third kappa shape index (κ3) is 5.07. The second-order valence-electron chi connectivity index (χ2n) is 6.50. The van der Waals surface area contributed by atoms with E-state index >= 15 is 0 Å². The molecule has 3 heterocycles. The number of nitro groups is 1. The van der Waals surface area contributed by atoms with Gasteiger partial charge in [0, 0.05) is 32.4 Å². The van der Waals surface area contributed by atoms with E-state index in [4.69, 9.17) is 16.3 Å². The van der Waals surface area contributed by atoms with Crippen LogP contribution < -0.4 is 10.2 Å². The number of halogens is 4. The van der Waals surface area contributed by atoms with Crippen molar-refractivity contribution < 1.29 is 27.6 Å². The molecule has 0 bridgehead atoms. The number of rotatable bonds is 5. The minimum atomic E-state index is -4.64. The topological polar surface area (TPSA) is 127 Å². The van der Waals surface area contributed by atoms with Gasteiger partial charge in [-0.3, -0.25) is 10.1 Å². The quantitative estimate of drug-likeness (QED) is 0.510. The Bertz CT molecular complexity index is 1020. The molecule has 1 aliphatic heterocycles. The van der Waals surface area contributed by atoms with Crippen LogP contribution in [0.2, 0.25) is 5.02 Å². The van der Waals surface area contributed by atoms with Gasteiger partial charge in [0.05, 0.1) is 22.1 Å². The van der Waals surface area contributed by atoms with Crippen molar-refractivity contribution in [2.45, 2.75) is 13.1 Å². The van der Waals surface area contributed by atoms with Gasteiger partial charge in [0.15, 0.2) is 5.82 Å². The Morgan fingerprint density at radius 3 is 2.50 bits per heavy atom. The van der Waals surface area contributed by atoms with Crippen LogP contribution in [0.4, 0.5) is 41.1 Å². The molecule has 172 valence electrons. The van der Waals surface area contributed by atoms with Gasteiger partial charge in [-0.1, -0.05) is 11.6 Å². The molecule has 0 aromatic carbocycles. The Labute approximate surface area is 184 Å². The van der Waals surface area contributed by atoms with E-state index in [1.165, 1.54) is 4.90 Å². The van der Waals surface area contributed by atoms with E-state index in [1.807, 2.05) is 0 Å². The van der Waals surface area contributed by atoms with Gasteiger partial charge in [-0.05, 0) is 13.0 Å². The molecule has 0 aliphatic carbocycles. The summed E-state index contributed by atoms with van der Waals surface area (Å²) in [6, 6.07) is 0.652. The van der Waals surface area contributed by atoms with E-state index in [0.29, 0.717) is 12.3 Å². The third-order valence-corrected chi connectivity index (χ3v) is 4.78. The zero-order valence-electron chi connectivity index (χ0n) is 16.6. The average molecular weight is 476 g/mol. The molecular formula is C17H17ClF3N7O4. The lowest BCUT2D eigenvalue weighted by molar-refractivity contribution is -0.383. The highest BCUT2D eigenvalue weighted by Gasteiger charge is 2.33. The Balaban J connectivity index is 1.85. The number of ether oxygens (including phenoxy) is 1. The highest BCUT2D eigenvalue weighted by Crippen LogP contribution is 2.37. The van der Waals surface area contributed by atoms with Crippen LogP contribution in [0.25, 0.3) is 0 Å². The maximum atomic E-state index is 12.8. The molecule has 1 saturated heterocycles. The predicted molar refractivity (Wildman–Crippen MR) is 107 cm³/mol. The molecule has 0 radical (unpaired) electrons. The van der Waals surface area contributed by atoms with Crippen molar-refractivity contribution in [2.75, 3.05) is 43.0 Å². The number of carbonyl (C=O) groups excluding carboxylic acids is 1. The SMILES string of the molecule is CCOC(=O)N1CCN(c2ncnc(Nc3ncc(C(F)(F)F)cc3Cl)c2[N+](=O)[O-])CC1. The van der Waals surface area contributed by atoms with Crippen LogP contribution in [0.3, 0.4) is 0 Å². The molecule has 0 atom stereocenters. The van der Waals surface area contributed by atoms with Crippen molar-refractivity contribution >= 4 is 40.8 Å². The Hall–Kier alpha value is -3.42. The lowest BCUT2D eigenvalue weighted by atomic mass is 10.2. The summed E-state index contributed by atoms with van der Waals surface area (Å²) in [5.74, 6) is -0.541.